The average Bonchev–Trinajstić information content (AvgIpc) is 3.94. The third-order valence-electron chi connectivity index (χ3n) is 11.9. The maximum atomic E-state index is 13.9. The van der Waals surface area contributed by atoms with Crippen LogP contribution >= 0.6 is 0 Å². The first kappa shape index (κ1) is 41.4. The van der Waals surface area contributed by atoms with E-state index in [0.29, 0.717) is 84.0 Å². The van der Waals surface area contributed by atoms with Crippen molar-refractivity contribution in [1.29, 1.82) is 0 Å². The van der Waals surface area contributed by atoms with Crippen molar-refractivity contribution in [1.82, 2.24) is 15.1 Å². The largest absolute Gasteiger partial charge is 0.493 e. The van der Waals surface area contributed by atoms with Crippen molar-refractivity contribution >= 4 is 52.5 Å². The number of carbonyl (C=O) groups is 4. The second-order valence-corrected chi connectivity index (χ2v) is 16.5. The lowest BCUT2D eigenvalue weighted by atomic mass is 10.0. The number of rotatable bonds is 15. The van der Waals surface area contributed by atoms with Gasteiger partial charge in [0, 0.05) is 55.8 Å². The standard InChI is InChI=1S/C46H53N7O8/c1-25(2)42(47)44(55)50-26(3)43(54)51-31-11-9-28(10-12-31)30-16-33-22-49-37-20-41(39(59-5)18-35(37)46(57)53(33)24-30)61-14-6-13-60-40-19-36-34(17-38(40)58-4)45(56)52-23-29(27-7-8-27)15-32(52)21-48-36/h9-12,17-20,22-27,32-33,42,48H,6-8,13-16,21,47H2,1-5H3,(H,50,55)(H,51,54)/t26-,32-,33-,42-/m0/s1. The van der Waals surface area contributed by atoms with Crippen molar-refractivity contribution in [3.8, 4) is 23.0 Å². The van der Waals surface area contributed by atoms with Crippen LogP contribution in [0, 0.1) is 11.8 Å². The summed E-state index contributed by atoms with van der Waals surface area (Å²) in [6, 6.07) is 12.6. The Morgan fingerprint density at radius 3 is 2.20 bits per heavy atom. The van der Waals surface area contributed by atoms with Gasteiger partial charge in [0.1, 0.15) is 6.04 Å². The van der Waals surface area contributed by atoms with Crippen LogP contribution < -0.4 is 40.6 Å². The number of nitrogens with zero attached hydrogens (tertiary/aromatic N) is 3. The molecule has 0 saturated heterocycles. The molecular formula is C46H53N7O8. The first-order valence-corrected chi connectivity index (χ1v) is 20.9. The number of carbonyl (C=O) groups excluding carboxylic acids is 4. The molecule has 4 heterocycles. The summed E-state index contributed by atoms with van der Waals surface area (Å²) >= 11 is 0. The Hall–Kier alpha value is -6.35. The first-order chi connectivity index (χ1) is 29.4. The molecule has 320 valence electrons. The fraction of sp³-hybridized carbons (Fsp3) is 0.413. The van der Waals surface area contributed by atoms with Gasteiger partial charge in [-0.2, -0.15) is 0 Å². The quantitative estimate of drug-likeness (QED) is 0.135. The van der Waals surface area contributed by atoms with Crippen LogP contribution in [0.1, 0.15) is 79.2 Å². The second-order valence-electron chi connectivity index (χ2n) is 16.5. The zero-order valence-corrected chi connectivity index (χ0v) is 35.2. The van der Waals surface area contributed by atoms with Crippen LogP contribution in [0.25, 0.3) is 5.57 Å². The average molecular weight is 832 g/mol. The predicted molar refractivity (Wildman–Crippen MR) is 232 cm³/mol. The Bertz CT molecular complexity index is 2320. The highest BCUT2D eigenvalue weighted by Gasteiger charge is 2.39. The number of aliphatic imine (C=N–C) groups is 1. The molecule has 0 radical (unpaired) electrons. The van der Waals surface area contributed by atoms with E-state index >= 15 is 0 Å². The summed E-state index contributed by atoms with van der Waals surface area (Å²) in [7, 11) is 3.09. The van der Waals surface area contributed by atoms with Crippen LogP contribution in [0.4, 0.5) is 17.1 Å². The summed E-state index contributed by atoms with van der Waals surface area (Å²) in [5, 5.41) is 8.96. The van der Waals surface area contributed by atoms with Gasteiger partial charge in [-0.3, -0.25) is 24.2 Å². The Morgan fingerprint density at radius 1 is 0.852 bits per heavy atom. The number of ether oxygens (including phenoxy) is 4. The SMILES string of the molecule is COc1cc2c(cc1OCCCOc1cc3c(cc1OC)C(=O)N1C=C(C4CC4)C[C@H]1CN3)N=C[C@@H]1CC(c3ccc(NC(=O)[C@H](C)NC(=O)[C@@H](N)C(C)C)cc3)=CN1C2=O. The van der Waals surface area contributed by atoms with Gasteiger partial charge in [0.05, 0.1) is 68.1 Å². The van der Waals surface area contributed by atoms with Gasteiger partial charge in [-0.15, -0.1) is 0 Å². The van der Waals surface area contributed by atoms with Crippen molar-refractivity contribution in [3.63, 3.8) is 0 Å². The number of amides is 4. The van der Waals surface area contributed by atoms with Crippen LogP contribution in [-0.4, -0.2) is 97.8 Å². The fourth-order valence-corrected chi connectivity index (χ4v) is 8.04. The maximum absolute atomic E-state index is 13.9. The first-order valence-electron chi connectivity index (χ1n) is 20.9. The Kier molecular flexibility index (Phi) is 11.8. The molecule has 15 nitrogen and oxygen atoms in total. The summed E-state index contributed by atoms with van der Waals surface area (Å²) in [6.45, 7) is 6.59. The summed E-state index contributed by atoms with van der Waals surface area (Å²) < 4.78 is 23.6. The monoisotopic (exact) mass is 831 g/mol. The molecule has 8 rings (SSSR count). The lowest BCUT2D eigenvalue weighted by Crippen LogP contribution is -2.50. The number of fused-ring (bicyclic) bond motifs is 4. The van der Waals surface area contributed by atoms with Gasteiger partial charge < -0.3 is 50.4 Å². The smallest absolute Gasteiger partial charge is 0.260 e. The number of nitrogens with two attached hydrogens (primary N) is 1. The van der Waals surface area contributed by atoms with E-state index in [9.17, 15) is 19.2 Å². The highest BCUT2D eigenvalue weighted by atomic mass is 16.5. The Labute approximate surface area is 355 Å². The van der Waals surface area contributed by atoms with Crippen LogP contribution in [0.15, 0.2) is 71.5 Å². The molecule has 0 spiro atoms. The lowest BCUT2D eigenvalue weighted by molar-refractivity contribution is -0.127. The number of nitrogens with one attached hydrogen (secondary N) is 3. The van der Waals surface area contributed by atoms with Crippen LogP contribution in [0.5, 0.6) is 23.0 Å². The zero-order valence-electron chi connectivity index (χ0n) is 35.2. The molecule has 0 unspecified atom stereocenters. The van der Waals surface area contributed by atoms with Gasteiger partial charge in [0.25, 0.3) is 11.8 Å². The number of hydrogen-bond acceptors (Lipinski definition) is 11. The third kappa shape index (κ3) is 8.65. The molecule has 5 aliphatic rings. The van der Waals surface area contributed by atoms with Gasteiger partial charge >= 0.3 is 0 Å². The maximum Gasteiger partial charge on any atom is 0.260 e. The van der Waals surface area contributed by atoms with Gasteiger partial charge in [-0.05, 0) is 79.0 Å². The highest BCUT2D eigenvalue weighted by molar-refractivity contribution is 6.06. The molecule has 3 aromatic rings. The molecule has 15 heteroatoms. The normalized spacial score (nSPS) is 19.9. The second kappa shape index (κ2) is 17.3. The Morgan fingerprint density at radius 2 is 1.52 bits per heavy atom. The van der Waals surface area contributed by atoms with E-state index in [1.807, 2.05) is 43.1 Å². The summed E-state index contributed by atoms with van der Waals surface area (Å²) in [6.07, 6.45) is 10.1. The predicted octanol–water partition coefficient (Wildman–Crippen LogP) is 5.88. The molecule has 61 heavy (non-hydrogen) atoms. The minimum Gasteiger partial charge on any atom is -0.493 e. The molecule has 4 amide bonds. The van der Waals surface area contributed by atoms with E-state index in [4.69, 9.17) is 29.7 Å². The van der Waals surface area contributed by atoms with Gasteiger partial charge in [-0.25, -0.2) is 0 Å². The molecule has 1 aliphatic carbocycles. The van der Waals surface area contributed by atoms with E-state index in [0.717, 1.165) is 23.2 Å². The van der Waals surface area contributed by atoms with Crippen LogP contribution in [-0.2, 0) is 9.59 Å². The summed E-state index contributed by atoms with van der Waals surface area (Å²) in [5.74, 6) is 1.47. The van der Waals surface area contributed by atoms with Crippen molar-refractivity contribution in [2.75, 3.05) is 44.6 Å². The van der Waals surface area contributed by atoms with E-state index in [2.05, 4.69) is 22.2 Å². The van der Waals surface area contributed by atoms with Gasteiger partial charge in [-0.1, -0.05) is 26.0 Å². The van der Waals surface area contributed by atoms with E-state index < -0.39 is 12.1 Å². The molecule has 3 aromatic carbocycles. The van der Waals surface area contributed by atoms with Crippen molar-refractivity contribution in [3.05, 3.63) is 83.2 Å². The minimum atomic E-state index is -0.769. The molecular weight excluding hydrogens is 779 g/mol. The fourth-order valence-electron chi connectivity index (χ4n) is 8.04. The summed E-state index contributed by atoms with van der Waals surface area (Å²) in [4.78, 5) is 60.8. The van der Waals surface area contributed by atoms with Crippen molar-refractivity contribution in [2.24, 2.45) is 22.6 Å². The topological polar surface area (TPSA) is 186 Å². The number of benzene rings is 3. The molecule has 4 atom stereocenters. The van der Waals surface area contributed by atoms with Gasteiger partial charge in [0.2, 0.25) is 11.8 Å². The van der Waals surface area contributed by atoms with Crippen molar-refractivity contribution in [2.45, 2.75) is 77.0 Å². The molecule has 4 aliphatic heterocycles. The number of anilines is 2. The molecule has 5 N–H and O–H groups in total. The third-order valence-corrected chi connectivity index (χ3v) is 11.9. The number of hydrogen-bond donors (Lipinski definition) is 4. The van der Waals surface area contributed by atoms with Crippen molar-refractivity contribution < 1.29 is 38.1 Å². The van der Waals surface area contributed by atoms with Crippen LogP contribution in [0.2, 0.25) is 0 Å². The minimum absolute atomic E-state index is 0.0308. The Balaban J connectivity index is 0.861. The molecule has 1 fully saturated rings. The van der Waals surface area contributed by atoms with E-state index in [1.165, 1.54) is 25.5 Å². The van der Waals surface area contributed by atoms with Crippen LogP contribution in [0.3, 0.4) is 0 Å². The van der Waals surface area contributed by atoms with E-state index in [-0.39, 0.29) is 41.6 Å². The van der Waals surface area contributed by atoms with Gasteiger partial charge in [0.15, 0.2) is 23.0 Å². The molecule has 0 aromatic heterocycles. The lowest BCUT2D eigenvalue weighted by Gasteiger charge is -2.20. The van der Waals surface area contributed by atoms with E-state index in [1.54, 1.807) is 55.5 Å². The summed E-state index contributed by atoms with van der Waals surface area (Å²) in [5.41, 5.74) is 11.9. The number of methoxy groups -OCH3 is 2. The molecule has 0 bridgehead atoms. The zero-order chi connectivity index (χ0) is 42.9. The highest BCUT2D eigenvalue weighted by Crippen LogP contribution is 2.45. The molecule has 1 saturated carbocycles.